The maximum atomic E-state index is 12.4. The molecule has 1 aromatic rings. The molecule has 0 aromatic carbocycles. The monoisotopic (exact) mass is 239 g/mol. The maximum absolute atomic E-state index is 12.4. The van der Waals surface area contributed by atoms with E-state index in [2.05, 4.69) is 4.98 Å². The fraction of sp³-hybridized carbons (Fsp3) is 0.500. The van der Waals surface area contributed by atoms with Gasteiger partial charge in [0, 0.05) is 5.92 Å². The minimum Gasteiger partial charge on any atom is -0.477 e. The summed E-state index contributed by atoms with van der Waals surface area (Å²) in [6, 6.07) is 0. The summed E-state index contributed by atoms with van der Waals surface area (Å²) in [5, 5.41) is 8.77. The number of nitrogens with zero attached hydrogens (tertiary/aromatic N) is 1. The predicted octanol–water partition coefficient (Wildman–Crippen LogP) is 2.98. The number of aromatic carboxylic acids is 1. The van der Waals surface area contributed by atoms with Gasteiger partial charge < -0.3 is 5.11 Å². The molecule has 1 rings (SSSR count). The molecular weight excluding hydrogens is 231 g/mol. The number of halogens is 3. The lowest BCUT2D eigenvalue weighted by molar-refractivity contribution is -0.141. The summed E-state index contributed by atoms with van der Waals surface area (Å²) in [4.78, 5) is 13.1. The summed E-state index contributed by atoms with van der Waals surface area (Å²) in [6.45, 7) is 3.31. The number of aromatic nitrogens is 1. The van der Waals surface area contributed by atoms with Crippen LogP contribution in [0.4, 0.5) is 13.2 Å². The second-order valence-corrected chi connectivity index (χ2v) is 4.22. The van der Waals surface area contributed by atoms with Gasteiger partial charge in [-0.05, 0) is 0 Å². The van der Waals surface area contributed by atoms with E-state index in [-0.39, 0.29) is 10.9 Å². The highest BCUT2D eigenvalue weighted by molar-refractivity contribution is 7.13. The first-order chi connectivity index (χ1) is 6.73. The molecule has 0 bridgehead atoms. The van der Waals surface area contributed by atoms with Gasteiger partial charge in [0.1, 0.15) is 4.88 Å². The molecule has 0 aliphatic heterocycles. The highest BCUT2D eigenvalue weighted by atomic mass is 32.1. The maximum Gasteiger partial charge on any atom is 0.435 e. The number of alkyl halides is 3. The fourth-order valence-electron chi connectivity index (χ4n) is 0.921. The van der Waals surface area contributed by atoms with E-state index in [0.717, 1.165) is 0 Å². The molecule has 0 unspecified atom stereocenters. The molecule has 7 heteroatoms. The van der Waals surface area contributed by atoms with Gasteiger partial charge in [0.25, 0.3) is 0 Å². The zero-order chi connectivity index (χ0) is 11.8. The number of hydrogen-bond donors (Lipinski definition) is 1. The zero-order valence-corrected chi connectivity index (χ0v) is 8.74. The van der Waals surface area contributed by atoms with Gasteiger partial charge in [0.2, 0.25) is 0 Å². The van der Waals surface area contributed by atoms with Crippen molar-refractivity contribution in [3.8, 4) is 0 Å². The highest BCUT2D eigenvalue weighted by Gasteiger charge is 2.39. The van der Waals surface area contributed by atoms with E-state index < -0.39 is 22.7 Å². The average molecular weight is 239 g/mol. The molecule has 0 saturated carbocycles. The van der Waals surface area contributed by atoms with E-state index in [0.29, 0.717) is 11.3 Å². The summed E-state index contributed by atoms with van der Waals surface area (Å²) in [6.07, 6.45) is -4.71. The minimum atomic E-state index is -4.71. The first-order valence-electron chi connectivity index (χ1n) is 4.04. The molecule has 15 heavy (non-hydrogen) atoms. The Morgan fingerprint density at radius 2 is 2.00 bits per heavy atom. The SMILES string of the molecule is CC(C)c1nc(C(F)(F)F)c(C(=O)O)s1. The third-order valence-electron chi connectivity index (χ3n) is 1.60. The van der Waals surface area contributed by atoms with Crippen LogP contribution in [0.25, 0.3) is 0 Å². The van der Waals surface area contributed by atoms with E-state index in [9.17, 15) is 18.0 Å². The molecule has 3 nitrogen and oxygen atoms in total. The molecule has 0 atom stereocenters. The summed E-state index contributed by atoms with van der Waals surface area (Å²) in [5.74, 6) is -1.81. The van der Waals surface area contributed by atoms with Crippen molar-refractivity contribution >= 4 is 17.3 Å². The van der Waals surface area contributed by atoms with Crippen molar-refractivity contribution < 1.29 is 23.1 Å². The Labute approximate surface area is 87.6 Å². The quantitative estimate of drug-likeness (QED) is 0.863. The Morgan fingerprint density at radius 3 is 2.27 bits per heavy atom. The molecular formula is C8H8F3NO2S. The van der Waals surface area contributed by atoms with E-state index >= 15 is 0 Å². The van der Waals surface area contributed by atoms with Crippen molar-refractivity contribution in [2.24, 2.45) is 0 Å². The van der Waals surface area contributed by atoms with Gasteiger partial charge in [-0.3, -0.25) is 0 Å². The van der Waals surface area contributed by atoms with Gasteiger partial charge >= 0.3 is 12.1 Å². The second kappa shape index (κ2) is 3.80. The molecule has 1 N–H and O–H groups in total. The molecule has 0 radical (unpaired) electrons. The lowest BCUT2D eigenvalue weighted by atomic mass is 10.2. The molecule has 84 valence electrons. The van der Waals surface area contributed by atoms with Crippen LogP contribution in [0.5, 0.6) is 0 Å². The lowest BCUT2D eigenvalue weighted by Crippen LogP contribution is -2.11. The third-order valence-corrected chi connectivity index (χ3v) is 2.94. The van der Waals surface area contributed by atoms with Gasteiger partial charge in [-0.2, -0.15) is 13.2 Å². The first kappa shape index (κ1) is 12.0. The van der Waals surface area contributed by atoms with Crippen molar-refractivity contribution in [1.29, 1.82) is 0 Å². The molecule has 0 fully saturated rings. The van der Waals surface area contributed by atoms with Crippen molar-refractivity contribution in [2.75, 3.05) is 0 Å². The average Bonchev–Trinajstić information content (AvgIpc) is 2.45. The summed E-state index contributed by atoms with van der Waals surface area (Å²) in [7, 11) is 0. The lowest BCUT2D eigenvalue weighted by Gasteiger charge is -2.02. The number of thiazole rings is 1. The zero-order valence-electron chi connectivity index (χ0n) is 7.92. The van der Waals surface area contributed by atoms with Crippen molar-refractivity contribution in [3.05, 3.63) is 15.6 Å². The molecule has 1 heterocycles. The predicted molar refractivity (Wildman–Crippen MR) is 48.2 cm³/mol. The number of hydrogen-bond acceptors (Lipinski definition) is 3. The van der Waals surface area contributed by atoms with E-state index in [1.165, 1.54) is 0 Å². The van der Waals surface area contributed by atoms with Crippen molar-refractivity contribution in [1.82, 2.24) is 4.98 Å². The van der Waals surface area contributed by atoms with Gasteiger partial charge in [0.15, 0.2) is 5.69 Å². The summed E-state index contributed by atoms with van der Waals surface area (Å²) < 4.78 is 37.1. The normalized spacial score (nSPS) is 12.1. The Morgan fingerprint density at radius 1 is 1.47 bits per heavy atom. The Kier molecular flexibility index (Phi) is 3.03. The molecule has 0 aliphatic rings. The molecule has 0 saturated heterocycles. The van der Waals surface area contributed by atoms with Crippen LogP contribution < -0.4 is 0 Å². The third kappa shape index (κ3) is 2.47. The number of carboxylic acid groups (broad SMARTS) is 1. The smallest absolute Gasteiger partial charge is 0.435 e. The minimum absolute atomic E-state index is 0.180. The van der Waals surface area contributed by atoms with Crippen LogP contribution in [0.15, 0.2) is 0 Å². The van der Waals surface area contributed by atoms with Crippen LogP contribution in [0, 0.1) is 0 Å². The molecule has 1 aromatic heterocycles. The summed E-state index contributed by atoms with van der Waals surface area (Å²) >= 11 is 0.572. The van der Waals surface area contributed by atoms with Gasteiger partial charge in [0.05, 0.1) is 5.01 Å². The summed E-state index contributed by atoms with van der Waals surface area (Å²) in [5.41, 5.74) is -1.30. The van der Waals surface area contributed by atoms with Crippen molar-refractivity contribution in [2.45, 2.75) is 25.9 Å². The van der Waals surface area contributed by atoms with Gasteiger partial charge in [-0.25, -0.2) is 9.78 Å². The van der Waals surface area contributed by atoms with E-state index in [1.54, 1.807) is 13.8 Å². The standard InChI is InChI=1S/C8H8F3NO2S/c1-3(2)6-12-5(8(9,10)11)4(15-6)7(13)14/h3H,1-2H3,(H,13,14). The number of carboxylic acids is 1. The highest BCUT2D eigenvalue weighted by Crippen LogP contribution is 2.36. The topological polar surface area (TPSA) is 50.2 Å². The van der Waals surface area contributed by atoms with Crippen LogP contribution in [-0.4, -0.2) is 16.1 Å². The molecule has 0 spiro atoms. The van der Waals surface area contributed by atoms with Crippen molar-refractivity contribution in [3.63, 3.8) is 0 Å². The van der Waals surface area contributed by atoms with Gasteiger partial charge in [-0.1, -0.05) is 13.8 Å². The van der Waals surface area contributed by atoms with Crippen LogP contribution in [0.2, 0.25) is 0 Å². The Balaban J connectivity index is 3.30. The van der Waals surface area contributed by atoms with Crippen LogP contribution >= 0.6 is 11.3 Å². The largest absolute Gasteiger partial charge is 0.477 e. The Bertz CT molecular complexity index is 384. The number of carbonyl (C=O) groups is 1. The number of rotatable bonds is 2. The molecule has 0 amide bonds. The van der Waals surface area contributed by atoms with Gasteiger partial charge in [-0.15, -0.1) is 11.3 Å². The van der Waals surface area contributed by atoms with E-state index in [1.807, 2.05) is 0 Å². The molecule has 0 aliphatic carbocycles. The van der Waals surface area contributed by atoms with Crippen LogP contribution in [-0.2, 0) is 6.18 Å². The first-order valence-corrected chi connectivity index (χ1v) is 4.86. The Hall–Kier alpha value is -1.11. The van der Waals surface area contributed by atoms with Crippen LogP contribution in [0.1, 0.15) is 40.1 Å². The van der Waals surface area contributed by atoms with Crippen LogP contribution in [0.3, 0.4) is 0 Å². The second-order valence-electron chi connectivity index (χ2n) is 3.19. The van der Waals surface area contributed by atoms with E-state index in [4.69, 9.17) is 5.11 Å². The fourth-order valence-corrected chi connectivity index (χ4v) is 1.85.